The summed E-state index contributed by atoms with van der Waals surface area (Å²) in [7, 11) is 0. The van der Waals surface area contributed by atoms with Gasteiger partial charge in [0, 0.05) is 9.35 Å². The Bertz CT molecular complexity index is 504. The molecule has 1 unspecified atom stereocenters. The Morgan fingerprint density at radius 1 is 1.41 bits per heavy atom. The molecule has 0 aliphatic carbocycles. The summed E-state index contributed by atoms with van der Waals surface area (Å²) in [6.07, 6.45) is 0.990. The van der Waals surface area contributed by atoms with Crippen LogP contribution in [0.3, 0.4) is 0 Å². The molecule has 0 radical (unpaired) electrons. The summed E-state index contributed by atoms with van der Waals surface area (Å²) in [5, 5.41) is 0. The molecule has 0 aliphatic heterocycles. The fourth-order valence-electron chi connectivity index (χ4n) is 1.83. The van der Waals surface area contributed by atoms with E-state index in [0.717, 1.165) is 20.1 Å². The minimum Gasteiger partial charge on any atom is -0.320 e. The van der Waals surface area contributed by atoms with Gasteiger partial charge in [0.15, 0.2) is 0 Å². The molecule has 0 aliphatic rings. The molecule has 0 amide bonds. The van der Waals surface area contributed by atoms with Gasteiger partial charge in [0.1, 0.15) is 4.34 Å². The van der Waals surface area contributed by atoms with Crippen molar-refractivity contribution in [1.29, 1.82) is 0 Å². The minimum atomic E-state index is -0.0973. The average Bonchev–Trinajstić information content (AvgIpc) is 2.68. The van der Waals surface area contributed by atoms with Crippen molar-refractivity contribution in [3.8, 4) is 0 Å². The summed E-state index contributed by atoms with van der Waals surface area (Å²) in [4.78, 5) is 1.09. The highest BCUT2D eigenvalue weighted by Crippen LogP contribution is 2.37. The molecule has 1 nitrogen and oxygen atoms in total. The zero-order chi connectivity index (χ0) is 12.4. The second-order valence-corrected chi connectivity index (χ2v) is 6.34. The maximum Gasteiger partial charge on any atom is 0.107 e. The quantitative estimate of drug-likeness (QED) is 0.861. The van der Waals surface area contributed by atoms with Gasteiger partial charge in [-0.1, -0.05) is 42.8 Å². The van der Waals surface area contributed by atoms with Crippen LogP contribution in [0.15, 0.2) is 34.8 Å². The molecule has 90 valence electrons. The number of hydrogen-bond donors (Lipinski definition) is 1. The lowest BCUT2D eigenvalue weighted by Gasteiger charge is -2.14. The van der Waals surface area contributed by atoms with Crippen LogP contribution in [0.5, 0.6) is 0 Å². The van der Waals surface area contributed by atoms with E-state index in [-0.39, 0.29) is 6.04 Å². The predicted molar refractivity (Wildman–Crippen MR) is 78.9 cm³/mol. The van der Waals surface area contributed by atoms with Crippen LogP contribution in [0.2, 0.25) is 4.34 Å². The summed E-state index contributed by atoms with van der Waals surface area (Å²) in [5.41, 5.74) is 8.78. The van der Waals surface area contributed by atoms with Gasteiger partial charge in [0.25, 0.3) is 0 Å². The van der Waals surface area contributed by atoms with Gasteiger partial charge in [-0.25, -0.2) is 0 Å². The maximum atomic E-state index is 6.31. The third kappa shape index (κ3) is 2.74. The molecular weight excluding hydrogens is 318 g/mol. The molecule has 2 aromatic rings. The van der Waals surface area contributed by atoms with E-state index in [1.54, 1.807) is 0 Å². The molecule has 1 heterocycles. The Hall–Kier alpha value is -0.350. The van der Waals surface area contributed by atoms with Crippen LogP contribution in [0.1, 0.15) is 29.0 Å². The molecule has 1 atom stereocenters. The zero-order valence-corrected chi connectivity index (χ0v) is 12.6. The molecular formula is C13H13BrClNS. The van der Waals surface area contributed by atoms with E-state index in [1.807, 2.05) is 18.2 Å². The molecule has 2 rings (SSSR count). The smallest absolute Gasteiger partial charge is 0.107 e. The highest BCUT2D eigenvalue weighted by molar-refractivity contribution is 9.10. The van der Waals surface area contributed by atoms with Crippen LogP contribution in [-0.4, -0.2) is 0 Å². The summed E-state index contributed by atoms with van der Waals surface area (Å²) in [6, 6.07) is 10.2. The lowest BCUT2D eigenvalue weighted by molar-refractivity contribution is 0.868. The first-order valence-electron chi connectivity index (χ1n) is 5.41. The van der Waals surface area contributed by atoms with E-state index < -0.39 is 0 Å². The Kier molecular flexibility index (Phi) is 4.26. The molecule has 0 saturated carbocycles. The van der Waals surface area contributed by atoms with Crippen molar-refractivity contribution in [2.24, 2.45) is 5.73 Å². The fourth-order valence-corrected chi connectivity index (χ4v) is 3.59. The Balaban J connectivity index is 2.39. The van der Waals surface area contributed by atoms with Crippen LogP contribution >= 0.6 is 38.9 Å². The molecule has 2 N–H and O–H groups in total. The first-order chi connectivity index (χ1) is 8.13. The highest BCUT2D eigenvalue weighted by atomic mass is 79.9. The minimum absolute atomic E-state index is 0.0973. The van der Waals surface area contributed by atoms with Gasteiger partial charge in [0.2, 0.25) is 0 Å². The average molecular weight is 331 g/mol. The van der Waals surface area contributed by atoms with Crippen LogP contribution in [0, 0.1) is 0 Å². The van der Waals surface area contributed by atoms with Gasteiger partial charge in [0.05, 0.1) is 6.04 Å². The van der Waals surface area contributed by atoms with Crippen molar-refractivity contribution >= 4 is 38.9 Å². The monoisotopic (exact) mass is 329 g/mol. The van der Waals surface area contributed by atoms with E-state index in [9.17, 15) is 0 Å². The number of hydrogen-bond acceptors (Lipinski definition) is 2. The molecule has 1 aromatic heterocycles. The Morgan fingerprint density at radius 2 is 2.12 bits per heavy atom. The number of thiophene rings is 1. The zero-order valence-electron chi connectivity index (χ0n) is 9.41. The van der Waals surface area contributed by atoms with Crippen molar-refractivity contribution in [3.05, 3.63) is 55.1 Å². The topological polar surface area (TPSA) is 26.0 Å². The van der Waals surface area contributed by atoms with E-state index in [4.69, 9.17) is 17.3 Å². The first-order valence-corrected chi connectivity index (χ1v) is 7.40. The fraction of sp³-hybridized carbons (Fsp3) is 0.231. The normalized spacial score (nSPS) is 12.7. The maximum absolute atomic E-state index is 6.31. The van der Waals surface area contributed by atoms with Crippen molar-refractivity contribution in [1.82, 2.24) is 0 Å². The number of benzene rings is 1. The standard InChI is InChI=1S/C13H13BrClNS/c1-2-8-5-3-4-6-9(8)12(16)11-7-10(14)13(15)17-11/h3-7,12H,2,16H2,1H3. The third-order valence-electron chi connectivity index (χ3n) is 2.74. The van der Waals surface area contributed by atoms with E-state index >= 15 is 0 Å². The first kappa shape index (κ1) is 13.1. The number of rotatable bonds is 3. The van der Waals surface area contributed by atoms with Gasteiger partial charge >= 0.3 is 0 Å². The van der Waals surface area contributed by atoms with E-state index in [2.05, 4.69) is 35.0 Å². The largest absolute Gasteiger partial charge is 0.320 e. The van der Waals surface area contributed by atoms with Gasteiger partial charge in [-0.3, -0.25) is 0 Å². The summed E-state index contributed by atoms with van der Waals surface area (Å²) in [6.45, 7) is 2.14. The molecule has 1 aromatic carbocycles. The van der Waals surface area contributed by atoms with Gasteiger partial charge in [-0.05, 0) is 39.5 Å². The SMILES string of the molecule is CCc1ccccc1C(N)c1cc(Br)c(Cl)s1. The Morgan fingerprint density at radius 3 is 2.71 bits per heavy atom. The molecule has 17 heavy (non-hydrogen) atoms. The summed E-state index contributed by atoms with van der Waals surface area (Å²) >= 11 is 11.0. The Labute approximate surface area is 119 Å². The van der Waals surface area contributed by atoms with Crippen molar-refractivity contribution < 1.29 is 0 Å². The number of nitrogens with two attached hydrogens (primary N) is 1. The van der Waals surface area contributed by atoms with Gasteiger partial charge in [-0.15, -0.1) is 11.3 Å². The van der Waals surface area contributed by atoms with Crippen LogP contribution in [0.4, 0.5) is 0 Å². The lowest BCUT2D eigenvalue weighted by Crippen LogP contribution is -2.12. The van der Waals surface area contributed by atoms with E-state index in [0.29, 0.717) is 0 Å². The van der Waals surface area contributed by atoms with E-state index in [1.165, 1.54) is 22.5 Å². The molecule has 4 heteroatoms. The number of aryl methyl sites for hydroxylation is 1. The summed E-state index contributed by atoms with van der Waals surface area (Å²) in [5.74, 6) is 0. The second kappa shape index (κ2) is 5.53. The van der Waals surface area contributed by atoms with Crippen molar-refractivity contribution in [2.75, 3.05) is 0 Å². The molecule has 0 spiro atoms. The molecule has 0 saturated heterocycles. The predicted octanol–water partition coefficient (Wildman–Crippen LogP) is 4.77. The lowest BCUT2D eigenvalue weighted by atomic mass is 9.98. The van der Waals surface area contributed by atoms with Gasteiger partial charge in [-0.2, -0.15) is 0 Å². The van der Waals surface area contributed by atoms with Gasteiger partial charge < -0.3 is 5.73 Å². The van der Waals surface area contributed by atoms with Crippen LogP contribution in [-0.2, 0) is 6.42 Å². The molecule has 0 bridgehead atoms. The second-order valence-electron chi connectivity index (χ2n) is 3.80. The van der Waals surface area contributed by atoms with Crippen LogP contribution in [0.25, 0.3) is 0 Å². The summed E-state index contributed by atoms with van der Waals surface area (Å²) < 4.78 is 1.67. The van der Waals surface area contributed by atoms with Crippen molar-refractivity contribution in [2.45, 2.75) is 19.4 Å². The number of halogens is 2. The third-order valence-corrected chi connectivity index (χ3v) is 5.30. The highest BCUT2D eigenvalue weighted by Gasteiger charge is 2.15. The van der Waals surface area contributed by atoms with Crippen molar-refractivity contribution in [3.63, 3.8) is 0 Å². The van der Waals surface area contributed by atoms with Crippen LogP contribution < -0.4 is 5.73 Å². The molecule has 0 fully saturated rings.